The average Bonchev–Trinajstić information content (AvgIpc) is 3.19. The zero-order valence-electron chi connectivity index (χ0n) is 16.3. The van der Waals surface area contributed by atoms with Crippen molar-refractivity contribution in [2.24, 2.45) is 5.92 Å². The highest BCUT2D eigenvalue weighted by Crippen LogP contribution is 2.20. The van der Waals surface area contributed by atoms with Gasteiger partial charge in [-0.2, -0.15) is 0 Å². The lowest BCUT2D eigenvalue weighted by atomic mass is 9.96. The van der Waals surface area contributed by atoms with Gasteiger partial charge in [-0.1, -0.05) is 24.3 Å². The molecule has 1 atom stereocenters. The van der Waals surface area contributed by atoms with Gasteiger partial charge in [-0.05, 0) is 44.0 Å². The van der Waals surface area contributed by atoms with Gasteiger partial charge in [0.1, 0.15) is 0 Å². The van der Waals surface area contributed by atoms with Crippen LogP contribution in [0.25, 0.3) is 5.65 Å². The van der Waals surface area contributed by atoms with Crippen molar-refractivity contribution in [3.8, 4) is 0 Å². The van der Waals surface area contributed by atoms with Gasteiger partial charge in [-0.3, -0.25) is 9.20 Å². The van der Waals surface area contributed by atoms with Gasteiger partial charge < -0.3 is 15.5 Å². The van der Waals surface area contributed by atoms with Crippen molar-refractivity contribution in [3.05, 3.63) is 60.6 Å². The number of likely N-dealkylation sites (tertiary alicyclic amines) is 1. The number of pyridine rings is 1. The van der Waals surface area contributed by atoms with E-state index in [1.807, 2.05) is 66.1 Å². The largest absolute Gasteiger partial charge is 0.328 e. The lowest BCUT2D eigenvalue weighted by Crippen LogP contribution is -2.46. The van der Waals surface area contributed by atoms with Crippen molar-refractivity contribution in [1.29, 1.82) is 0 Å². The number of rotatable bonds is 4. The lowest BCUT2D eigenvalue weighted by Gasteiger charge is -2.32. The molecule has 1 saturated heterocycles. The molecular formula is C21H24N6O2. The highest BCUT2D eigenvalue weighted by molar-refractivity contribution is 5.92. The van der Waals surface area contributed by atoms with Crippen molar-refractivity contribution < 1.29 is 9.59 Å². The van der Waals surface area contributed by atoms with Crippen molar-refractivity contribution in [2.75, 3.05) is 18.4 Å². The summed E-state index contributed by atoms with van der Waals surface area (Å²) in [5, 5.41) is 14.3. The molecule has 4 rings (SSSR count). The number of nitrogens with zero attached hydrogens (tertiary/aromatic N) is 4. The summed E-state index contributed by atoms with van der Waals surface area (Å²) in [7, 11) is 0. The third-order valence-corrected chi connectivity index (χ3v) is 5.26. The Morgan fingerprint density at radius 1 is 1.03 bits per heavy atom. The number of amides is 3. The van der Waals surface area contributed by atoms with Crippen LogP contribution in [0.3, 0.4) is 0 Å². The predicted octanol–water partition coefficient (Wildman–Crippen LogP) is 2.85. The number of hydrogen-bond donors (Lipinski definition) is 2. The Kier molecular flexibility index (Phi) is 5.41. The second kappa shape index (κ2) is 8.30. The molecule has 0 radical (unpaired) electrons. The number of fused-ring (bicyclic) bond motifs is 1. The summed E-state index contributed by atoms with van der Waals surface area (Å²) in [6, 6.07) is 14.7. The highest BCUT2D eigenvalue weighted by Gasteiger charge is 2.28. The number of urea groups is 1. The zero-order valence-corrected chi connectivity index (χ0v) is 16.3. The number of carbonyl (C=O) groups excluding carboxylic acids is 2. The van der Waals surface area contributed by atoms with Crippen LogP contribution in [0.15, 0.2) is 54.7 Å². The van der Waals surface area contributed by atoms with Gasteiger partial charge >= 0.3 is 6.03 Å². The Morgan fingerprint density at radius 2 is 1.76 bits per heavy atom. The predicted molar refractivity (Wildman–Crippen MR) is 109 cm³/mol. The third-order valence-electron chi connectivity index (χ3n) is 5.26. The van der Waals surface area contributed by atoms with Crippen LogP contribution in [0.5, 0.6) is 0 Å². The fourth-order valence-corrected chi connectivity index (χ4v) is 3.61. The number of hydrogen-bond acceptors (Lipinski definition) is 4. The summed E-state index contributed by atoms with van der Waals surface area (Å²) in [6.45, 7) is 2.99. The molecule has 1 aromatic carbocycles. The van der Waals surface area contributed by atoms with Gasteiger partial charge in [0.15, 0.2) is 11.5 Å². The van der Waals surface area contributed by atoms with E-state index in [4.69, 9.17) is 0 Å². The molecule has 2 N–H and O–H groups in total. The van der Waals surface area contributed by atoms with Crippen molar-refractivity contribution in [1.82, 2.24) is 24.8 Å². The van der Waals surface area contributed by atoms with E-state index in [0.29, 0.717) is 31.8 Å². The molecule has 3 amide bonds. The summed E-state index contributed by atoms with van der Waals surface area (Å²) in [4.78, 5) is 26.9. The number of para-hydroxylation sites is 1. The number of piperidine rings is 1. The van der Waals surface area contributed by atoms with E-state index in [1.165, 1.54) is 0 Å². The number of benzene rings is 1. The van der Waals surface area contributed by atoms with Gasteiger partial charge in [0.2, 0.25) is 5.91 Å². The summed E-state index contributed by atoms with van der Waals surface area (Å²) in [6.07, 6.45) is 3.17. The highest BCUT2D eigenvalue weighted by atomic mass is 16.2. The molecule has 8 nitrogen and oxygen atoms in total. The lowest BCUT2D eigenvalue weighted by molar-refractivity contribution is -0.121. The minimum Gasteiger partial charge on any atom is -0.328 e. The van der Waals surface area contributed by atoms with Crippen molar-refractivity contribution in [2.45, 2.75) is 25.8 Å². The standard InChI is InChI=1S/C21H24N6O2/c1-15(19-25-24-18-9-5-6-12-27(18)19)22-21(29)26-13-10-16(11-14-26)20(28)23-17-7-3-2-4-8-17/h2-9,12,15-16H,10-11,13-14H2,1H3,(H,22,29)(H,23,28). The van der Waals surface area contributed by atoms with Crippen molar-refractivity contribution in [3.63, 3.8) is 0 Å². The Labute approximate surface area is 168 Å². The SMILES string of the molecule is CC(NC(=O)N1CCC(C(=O)Nc2ccccc2)CC1)c1nnc2ccccn12. The smallest absolute Gasteiger partial charge is 0.317 e. The first kappa shape index (κ1) is 18.9. The molecule has 1 unspecified atom stereocenters. The molecule has 29 heavy (non-hydrogen) atoms. The number of aromatic nitrogens is 3. The van der Waals surface area contributed by atoms with E-state index in [1.54, 1.807) is 4.90 Å². The first-order valence-electron chi connectivity index (χ1n) is 9.83. The van der Waals surface area contributed by atoms with Crippen LogP contribution >= 0.6 is 0 Å². The monoisotopic (exact) mass is 392 g/mol. The fraction of sp³-hybridized carbons (Fsp3) is 0.333. The first-order valence-corrected chi connectivity index (χ1v) is 9.83. The molecular weight excluding hydrogens is 368 g/mol. The normalized spacial score (nSPS) is 15.8. The van der Waals surface area contributed by atoms with Crippen molar-refractivity contribution >= 4 is 23.3 Å². The number of carbonyl (C=O) groups is 2. The second-order valence-electron chi connectivity index (χ2n) is 7.27. The van der Waals surface area contributed by atoms with Gasteiger partial charge in [0.05, 0.1) is 6.04 Å². The fourth-order valence-electron chi connectivity index (χ4n) is 3.61. The molecule has 3 aromatic rings. The van der Waals surface area contributed by atoms with Crippen LogP contribution < -0.4 is 10.6 Å². The summed E-state index contributed by atoms with van der Waals surface area (Å²) in [5.74, 6) is 0.614. The van der Waals surface area contributed by atoms with Gasteiger partial charge in [-0.15, -0.1) is 10.2 Å². The van der Waals surface area contributed by atoms with Crippen LogP contribution in [-0.2, 0) is 4.79 Å². The van der Waals surface area contributed by atoms with E-state index in [9.17, 15) is 9.59 Å². The van der Waals surface area contributed by atoms with Crippen LogP contribution in [0.1, 0.15) is 31.6 Å². The molecule has 0 bridgehead atoms. The quantitative estimate of drug-likeness (QED) is 0.714. The molecule has 150 valence electrons. The van der Waals surface area contributed by atoms with Gasteiger partial charge in [0.25, 0.3) is 0 Å². The van der Waals surface area contributed by atoms with Crippen LogP contribution in [-0.4, -0.2) is 44.5 Å². The molecule has 3 heterocycles. The van der Waals surface area contributed by atoms with E-state index in [-0.39, 0.29) is 23.9 Å². The minimum atomic E-state index is -0.279. The van der Waals surface area contributed by atoms with E-state index in [2.05, 4.69) is 20.8 Å². The maximum atomic E-state index is 12.7. The number of anilines is 1. The molecule has 2 aromatic heterocycles. The Morgan fingerprint density at radius 3 is 2.52 bits per heavy atom. The molecule has 0 aliphatic carbocycles. The Hall–Kier alpha value is -3.42. The van der Waals surface area contributed by atoms with Crippen LogP contribution in [0.4, 0.5) is 10.5 Å². The van der Waals surface area contributed by atoms with Crippen LogP contribution in [0.2, 0.25) is 0 Å². The Bertz CT molecular complexity index is 995. The van der Waals surface area contributed by atoms with Crippen LogP contribution in [0, 0.1) is 5.92 Å². The second-order valence-corrected chi connectivity index (χ2v) is 7.27. The topological polar surface area (TPSA) is 91.6 Å². The number of nitrogens with one attached hydrogen (secondary N) is 2. The minimum absolute atomic E-state index is 0.0135. The molecule has 1 aliphatic heterocycles. The zero-order chi connectivity index (χ0) is 20.2. The van der Waals surface area contributed by atoms with E-state index in [0.717, 1.165) is 11.3 Å². The summed E-state index contributed by atoms with van der Waals surface area (Å²) < 4.78 is 1.87. The molecule has 0 saturated carbocycles. The van der Waals surface area contributed by atoms with E-state index >= 15 is 0 Å². The van der Waals surface area contributed by atoms with Gasteiger partial charge in [0, 0.05) is 30.9 Å². The summed E-state index contributed by atoms with van der Waals surface area (Å²) in [5.41, 5.74) is 1.54. The first-order chi connectivity index (χ1) is 14.1. The maximum absolute atomic E-state index is 12.7. The molecule has 8 heteroatoms. The molecule has 1 fully saturated rings. The Balaban J connectivity index is 1.30. The third kappa shape index (κ3) is 4.21. The summed E-state index contributed by atoms with van der Waals surface area (Å²) >= 11 is 0. The average molecular weight is 392 g/mol. The molecule has 0 spiro atoms. The maximum Gasteiger partial charge on any atom is 0.317 e. The molecule has 1 aliphatic rings. The van der Waals surface area contributed by atoms with E-state index < -0.39 is 0 Å². The van der Waals surface area contributed by atoms with Gasteiger partial charge in [-0.25, -0.2) is 4.79 Å².